The summed E-state index contributed by atoms with van der Waals surface area (Å²) in [6.07, 6.45) is 0.0180. The lowest BCUT2D eigenvalue weighted by Crippen LogP contribution is -2.59. The smallest absolute Gasteiger partial charge is 0.251 e. The zero-order chi connectivity index (χ0) is 16.3. The number of morpholine rings is 1. The maximum atomic E-state index is 12.4. The number of carbonyl (C=O) groups is 2. The fourth-order valence-corrected chi connectivity index (χ4v) is 2.56. The first kappa shape index (κ1) is 16.5. The molecule has 0 aliphatic carbocycles. The maximum Gasteiger partial charge on any atom is 0.251 e. The number of benzene rings is 1. The molecule has 5 nitrogen and oxygen atoms in total. The van der Waals surface area contributed by atoms with Crippen LogP contribution in [0.5, 0.6) is 0 Å². The molecule has 1 aromatic carbocycles. The summed E-state index contributed by atoms with van der Waals surface area (Å²) in [6.45, 7) is 8.87. The molecule has 0 bridgehead atoms. The summed E-state index contributed by atoms with van der Waals surface area (Å²) < 4.78 is 5.60. The van der Waals surface area contributed by atoms with Crippen molar-refractivity contribution in [3.63, 3.8) is 0 Å². The van der Waals surface area contributed by atoms with E-state index in [0.29, 0.717) is 18.7 Å². The molecule has 1 heterocycles. The molecular weight excluding hydrogens is 280 g/mol. The number of carbonyl (C=O) groups excluding carboxylic acids is 2. The SMILES string of the molecule is Cc1cccc(C(=O)NCC(=O)N2C[C@@H](C)OCC2(C)C)c1. The van der Waals surface area contributed by atoms with Crippen LogP contribution >= 0.6 is 0 Å². The molecule has 120 valence electrons. The van der Waals surface area contributed by atoms with Gasteiger partial charge in [0.2, 0.25) is 5.91 Å². The zero-order valence-electron chi connectivity index (χ0n) is 13.7. The molecule has 0 aromatic heterocycles. The van der Waals surface area contributed by atoms with E-state index in [-0.39, 0.29) is 30.0 Å². The number of hydrogen-bond donors (Lipinski definition) is 1. The van der Waals surface area contributed by atoms with Crippen molar-refractivity contribution in [3.05, 3.63) is 35.4 Å². The summed E-state index contributed by atoms with van der Waals surface area (Å²) in [5.74, 6) is -0.308. The highest BCUT2D eigenvalue weighted by Gasteiger charge is 2.36. The highest BCUT2D eigenvalue weighted by molar-refractivity contribution is 5.96. The average Bonchev–Trinajstić information content (AvgIpc) is 2.47. The molecule has 1 N–H and O–H groups in total. The van der Waals surface area contributed by atoms with E-state index < -0.39 is 0 Å². The second-order valence-corrected chi connectivity index (χ2v) is 6.49. The van der Waals surface area contributed by atoms with Gasteiger partial charge in [0, 0.05) is 12.1 Å². The average molecular weight is 304 g/mol. The number of amides is 2. The Balaban J connectivity index is 1.96. The number of nitrogens with one attached hydrogen (secondary N) is 1. The molecule has 2 amide bonds. The fourth-order valence-electron chi connectivity index (χ4n) is 2.56. The van der Waals surface area contributed by atoms with Crippen molar-refractivity contribution in [3.8, 4) is 0 Å². The van der Waals surface area contributed by atoms with Gasteiger partial charge in [0.05, 0.1) is 24.8 Å². The Labute approximate surface area is 131 Å². The Hall–Kier alpha value is -1.88. The van der Waals surface area contributed by atoms with Crippen LogP contribution in [0.4, 0.5) is 0 Å². The third kappa shape index (κ3) is 3.85. The van der Waals surface area contributed by atoms with E-state index >= 15 is 0 Å². The second kappa shape index (κ2) is 6.48. The van der Waals surface area contributed by atoms with Crippen LogP contribution in [0.2, 0.25) is 0 Å². The van der Waals surface area contributed by atoms with Crippen molar-refractivity contribution in [2.24, 2.45) is 0 Å². The molecule has 1 atom stereocenters. The molecule has 22 heavy (non-hydrogen) atoms. The van der Waals surface area contributed by atoms with Crippen molar-refractivity contribution in [2.45, 2.75) is 39.3 Å². The first-order chi connectivity index (χ1) is 10.3. The van der Waals surface area contributed by atoms with Gasteiger partial charge in [-0.3, -0.25) is 9.59 Å². The Bertz CT molecular complexity index is 569. The largest absolute Gasteiger partial charge is 0.374 e. The Morgan fingerprint density at radius 3 is 2.82 bits per heavy atom. The van der Waals surface area contributed by atoms with Gasteiger partial charge >= 0.3 is 0 Å². The van der Waals surface area contributed by atoms with Crippen molar-refractivity contribution < 1.29 is 14.3 Å². The highest BCUT2D eigenvalue weighted by Crippen LogP contribution is 2.21. The van der Waals surface area contributed by atoms with Crippen LogP contribution in [0.15, 0.2) is 24.3 Å². The minimum Gasteiger partial charge on any atom is -0.374 e. The van der Waals surface area contributed by atoms with Crippen molar-refractivity contribution >= 4 is 11.8 Å². The summed E-state index contributed by atoms with van der Waals surface area (Å²) in [4.78, 5) is 26.3. The van der Waals surface area contributed by atoms with Crippen LogP contribution in [0.25, 0.3) is 0 Å². The summed E-state index contributed by atoms with van der Waals surface area (Å²) in [5, 5.41) is 2.70. The molecule has 1 fully saturated rings. The van der Waals surface area contributed by atoms with Gasteiger partial charge in [0.25, 0.3) is 5.91 Å². The van der Waals surface area contributed by atoms with Crippen molar-refractivity contribution in [2.75, 3.05) is 19.7 Å². The number of ether oxygens (including phenoxy) is 1. The van der Waals surface area contributed by atoms with E-state index in [1.54, 1.807) is 17.0 Å². The van der Waals surface area contributed by atoms with Gasteiger partial charge in [-0.1, -0.05) is 17.7 Å². The van der Waals surface area contributed by atoms with Gasteiger partial charge in [-0.15, -0.1) is 0 Å². The van der Waals surface area contributed by atoms with E-state index in [1.807, 2.05) is 39.8 Å². The standard InChI is InChI=1S/C17H24N2O3/c1-12-6-5-7-14(8-12)16(21)18-9-15(20)19-10-13(2)22-11-17(19,3)4/h5-8,13H,9-11H2,1-4H3,(H,18,21)/t13-/m1/s1. The van der Waals surface area contributed by atoms with Crippen molar-refractivity contribution in [1.29, 1.82) is 0 Å². The predicted molar refractivity (Wildman–Crippen MR) is 84.7 cm³/mol. The fraction of sp³-hybridized carbons (Fsp3) is 0.529. The normalized spacial score (nSPS) is 20.5. The van der Waals surface area contributed by atoms with E-state index in [0.717, 1.165) is 5.56 Å². The number of hydrogen-bond acceptors (Lipinski definition) is 3. The molecule has 1 aliphatic rings. The highest BCUT2D eigenvalue weighted by atomic mass is 16.5. The van der Waals surface area contributed by atoms with Gasteiger partial charge in [-0.05, 0) is 39.8 Å². The molecule has 0 saturated carbocycles. The quantitative estimate of drug-likeness (QED) is 0.925. The van der Waals surface area contributed by atoms with Gasteiger partial charge in [0.1, 0.15) is 0 Å². The molecule has 1 aliphatic heterocycles. The van der Waals surface area contributed by atoms with Crippen LogP contribution in [0.1, 0.15) is 36.7 Å². The van der Waals surface area contributed by atoms with Gasteiger partial charge in [0.15, 0.2) is 0 Å². The molecule has 2 rings (SSSR count). The first-order valence-electron chi connectivity index (χ1n) is 7.56. The number of aryl methyl sites for hydroxylation is 1. The maximum absolute atomic E-state index is 12.4. The van der Waals surface area contributed by atoms with Gasteiger partial charge < -0.3 is 15.0 Å². The van der Waals surface area contributed by atoms with Crippen LogP contribution in [0.3, 0.4) is 0 Å². The summed E-state index contributed by atoms with van der Waals surface area (Å²) >= 11 is 0. The van der Waals surface area contributed by atoms with E-state index in [2.05, 4.69) is 5.32 Å². The minimum atomic E-state index is -0.350. The van der Waals surface area contributed by atoms with Gasteiger partial charge in [-0.2, -0.15) is 0 Å². The van der Waals surface area contributed by atoms with E-state index in [4.69, 9.17) is 4.74 Å². The lowest BCUT2D eigenvalue weighted by molar-refractivity contribution is -0.151. The van der Waals surface area contributed by atoms with Crippen LogP contribution in [-0.4, -0.2) is 48.1 Å². The van der Waals surface area contributed by atoms with Crippen LogP contribution in [-0.2, 0) is 9.53 Å². The summed E-state index contributed by atoms with van der Waals surface area (Å²) in [7, 11) is 0. The number of rotatable bonds is 3. The summed E-state index contributed by atoms with van der Waals surface area (Å²) in [5.41, 5.74) is 1.24. The second-order valence-electron chi connectivity index (χ2n) is 6.49. The molecule has 1 aromatic rings. The molecular formula is C17H24N2O3. The van der Waals surface area contributed by atoms with E-state index in [1.165, 1.54) is 0 Å². The van der Waals surface area contributed by atoms with Gasteiger partial charge in [-0.25, -0.2) is 0 Å². The third-order valence-corrected chi connectivity index (χ3v) is 3.87. The van der Waals surface area contributed by atoms with E-state index in [9.17, 15) is 9.59 Å². The molecule has 5 heteroatoms. The molecule has 1 saturated heterocycles. The van der Waals surface area contributed by atoms with Crippen molar-refractivity contribution in [1.82, 2.24) is 10.2 Å². The van der Waals surface area contributed by atoms with Crippen LogP contribution in [0, 0.1) is 6.92 Å². The molecule has 0 spiro atoms. The zero-order valence-corrected chi connectivity index (χ0v) is 13.7. The number of nitrogens with zero attached hydrogens (tertiary/aromatic N) is 1. The predicted octanol–water partition coefficient (Wildman–Crippen LogP) is 1.75. The minimum absolute atomic E-state index is 0.00290. The first-order valence-corrected chi connectivity index (χ1v) is 7.56. The Morgan fingerprint density at radius 1 is 1.41 bits per heavy atom. The lowest BCUT2D eigenvalue weighted by atomic mass is 10.0. The lowest BCUT2D eigenvalue weighted by Gasteiger charge is -2.44. The molecule has 0 unspecified atom stereocenters. The summed E-state index contributed by atoms with van der Waals surface area (Å²) in [6, 6.07) is 7.31. The Kier molecular flexibility index (Phi) is 4.86. The van der Waals surface area contributed by atoms with Crippen LogP contribution < -0.4 is 5.32 Å². The monoisotopic (exact) mass is 304 g/mol. The molecule has 0 radical (unpaired) electrons. The third-order valence-electron chi connectivity index (χ3n) is 3.87. The Morgan fingerprint density at radius 2 is 2.14 bits per heavy atom. The topological polar surface area (TPSA) is 58.6 Å².